The summed E-state index contributed by atoms with van der Waals surface area (Å²) in [7, 11) is 0. The quantitative estimate of drug-likeness (QED) is 0.340. The molecule has 0 amide bonds. The van der Waals surface area contributed by atoms with Crippen LogP contribution in [0.5, 0.6) is 0 Å². The fraction of sp³-hybridized carbons (Fsp3) is 0.600. The third kappa shape index (κ3) is 3.84. The molecule has 0 aliphatic rings. The second kappa shape index (κ2) is 4.20. The van der Waals surface area contributed by atoms with Gasteiger partial charge in [-0.05, 0) is 0 Å². The Morgan fingerprint density at radius 3 is 2.45 bits per heavy atom. The van der Waals surface area contributed by atoms with Crippen LogP contribution in [0.2, 0.25) is 0 Å². The van der Waals surface area contributed by atoms with Crippen LogP contribution in [0.1, 0.15) is 6.92 Å². The van der Waals surface area contributed by atoms with Crippen LogP contribution in [-0.2, 0) is 4.79 Å². The highest BCUT2D eigenvalue weighted by molar-refractivity contribution is 8.14. The van der Waals surface area contributed by atoms with Crippen LogP contribution in [0.3, 0.4) is 0 Å². The van der Waals surface area contributed by atoms with Crippen LogP contribution in [0.15, 0.2) is 0 Å². The molecule has 6 heteroatoms. The molecule has 0 saturated carbocycles. The van der Waals surface area contributed by atoms with Gasteiger partial charge in [0.15, 0.2) is 5.17 Å². The van der Waals surface area contributed by atoms with Crippen LogP contribution in [0, 0.1) is 5.41 Å². The normalized spacial score (nSPS) is 15.5. The van der Waals surface area contributed by atoms with Gasteiger partial charge in [-0.25, -0.2) is 0 Å². The summed E-state index contributed by atoms with van der Waals surface area (Å²) >= 11 is 0.946. The minimum Gasteiger partial charge on any atom is -0.480 e. The van der Waals surface area contributed by atoms with Gasteiger partial charge in [-0.2, -0.15) is 0 Å². The molecule has 0 aromatic heterocycles. The minimum atomic E-state index is -1.08. The molecular formula is C5H11N3O2S. The minimum absolute atomic E-state index is 0.116. The second-order valence-corrected chi connectivity index (χ2v) is 3.47. The van der Waals surface area contributed by atoms with Crippen LogP contribution in [0.25, 0.3) is 0 Å². The Morgan fingerprint density at radius 2 is 2.18 bits per heavy atom. The lowest BCUT2D eigenvalue weighted by atomic mass is 10.2. The summed E-state index contributed by atoms with van der Waals surface area (Å²) in [6.45, 7) is 1.62. The molecule has 0 saturated heterocycles. The molecule has 0 heterocycles. The highest BCUT2D eigenvalue weighted by atomic mass is 32.2. The van der Waals surface area contributed by atoms with Gasteiger partial charge in [0.2, 0.25) is 0 Å². The zero-order valence-electron chi connectivity index (χ0n) is 6.07. The van der Waals surface area contributed by atoms with Gasteiger partial charge in [0.05, 0.1) is 0 Å². The van der Waals surface area contributed by atoms with Gasteiger partial charge < -0.3 is 16.6 Å². The Labute approximate surface area is 68.6 Å². The summed E-state index contributed by atoms with van der Waals surface area (Å²) in [5.74, 6) is -1.08. The summed E-state index contributed by atoms with van der Waals surface area (Å²) in [6.07, 6.45) is 0. The van der Waals surface area contributed by atoms with E-state index in [1.807, 2.05) is 0 Å². The van der Waals surface area contributed by atoms with E-state index in [0.717, 1.165) is 11.8 Å². The number of nitrogens with two attached hydrogens (primary N) is 2. The number of hydrogen-bond donors (Lipinski definition) is 4. The third-order valence-corrected chi connectivity index (χ3v) is 2.02. The molecule has 0 aromatic rings. The molecule has 0 aromatic carbocycles. The van der Waals surface area contributed by atoms with Crippen molar-refractivity contribution in [2.75, 3.05) is 0 Å². The molecule has 2 atom stereocenters. The number of rotatable bonds is 3. The lowest BCUT2D eigenvalue weighted by molar-refractivity contribution is -0.138. The monoisotopic (exact) mass is 177 g/mol. The van der Waals surface area contributed by atoms with Crippen molar-refractivity contribution in [2.45, 2.75) is 18.2 Å². The van der Waals surface area contributed by atoms with Crippen molar-refractivity contribution in [3.63, 3.8) is 0 Å². The van der Waals surface area contributed by atoms with Gasteiger partial charge in [0, 0.05) is 5.25 Å². The van der Waals surface area contributed by atoms with E-state index in [0.29, 0.717) is 0 Å². The third-order valence-electron chi connectivity index (χ3n) is 1.10. The number of amidine groups is 1. The standard InChI is InChI=1S/C5H11N3O2S/c1-2(11-5(7)8)3(6)4(9)10/h2-3H,6H2,1H3,(H3,7,8)(H,9,10)/t2-,3-/m1/s1. The van der Waals surface area contributed by atoms with E-state index in [1.165, 1.54) is 0 Å². The number of carboxylic acids is 1. The first kappa shape index (κ1) is 10.2. The molecule has 0 bridgehead atoms. The Hall–Kier alpha value is -0.750. The van der Waals surface area contributed by atoms with Gasteiger partial charge in [-0.15, -0.1) is 0 Å². The number of aliphatic carboxylic acids is 1. The molecule has 0 unspecified atom stereocenters. The predicted molar refractivity (Wildman–Crippen MR) is 44.6 cm³/mol. The van der Waals surface area contributed by atoms with Crippen LogP contribution < -0.4 is 11.5 Å². The van der Waals surface area contributed by atoms with Crippen molar-refractivity contribution >= 4 is 22.9 Å². The van der Waals surface area contributed by atoms with Crippen LogP contribution >= 0.6 is 11.8 Å². The van der Waals surface area contributed by atoms with E-state index >= 15 is 0 Å². The van der Waals surface area contributed by atoms with Gasteiger partial charge in [0.1, 0.15) is 6.04 Å². The van der Waals surface area contributed by atoms with Crippen molar-refractivity contribution in [3.05, 3.63) is 0 Å². The molecule has 64 valence electrons. The largest absolute Gasteiger partial charge is 0.480 e. The first-order chi connectivity index (χ1) is 4.95. The van der Waals surface area contributed by atoms with Gasteiger partial charge in [-0.1, -0.05) is 18.7 Å². The fourth-order valence-corrected chi connectivity index (χ4v) is 1.14. The summed E-state index contributed by atoms with van der Waals surface area (Å²) in [4.78, 5) is 10.3. The molecule has 0 fully saturated rings. The second-order valence-electron chi connectivity index (χ2n) is 2.05. The number of hydrogen-bond acceptors (Lipinski definition) is 4. The molecule has 0 radical (unpaired) electrons. The molecule has 11 heavy (non-hydrogen) atoms. The summed E-state index contributed by atoms with van der Waals surface area (Å²) in [6, 6.07) is -0.969. The van der Waals surface area contributed by atoms with Crippen molar-refractivity contribution < 1.29 is 9.90 Å². The number of thioether (sulfide) groups is 1. The Balaban J connectivity index is 3.92. The van der Waals surface area contributed by atoms with Crippen molar-refractivity contribution in [3.8, 4) is 0 Å². The average Bonchev–Trinajstić information content (AvgIpc) is 1.84. The maximum absolute atomic E-state index is 10.3. The summed E-state index contributed by atoms with van der Waals surface area (Å²) in [5, 5.41) is 14.8. The predicted octanol–water partition coefficient (Wildman–Crippen LogP) is -0.587. The highest BCUT2D eigenvalue weighted by Crippen LogP contribution is 2.11. The smallest absolute Gasteiger partial charge is 0.321 e. The van der Waals surface area contributed by atoms with Gasteiger partial charge in [-0.3, -0.25) is 10.2 Å². The lowest BCUT2D eigenvalue weighted by Gasteiger charge is -2.13. The van der Waals surface area contributed by atoms with Crippen molar-refractivity contribution in [2.24, 2.45) is 11.5 Å². The Morgan fingerprint density at radius 1 is 1.73 bits per heavy atom. The van der Waals surface area contributed by atoms with E-state index in [-0.39, 0.29) is 10.4 Å². The van der Waals surface area contributed by atoms with Gasteiger partial charge >= 0.3 is 5.97 Å². The lowest BCUT2D eigenvalue weighted by Crippen LogP contribution is -2.39. The molecular weight excluding hydrogens is 166 g/mol. The zero-order chi connectivity index (χ0) is 9.02. The first-order valence-corrected chi connectivity index (χ1v) is 3.82. The SMILES string of the molecule is C[C@@H](SC(=N)N)[C@@H](N)C(=O)O. The topological polar surface area (TPSA) is 113 Å². The van der Waals surface area contributed by atoms with Crippen molar-refractivity contribution in [1.82, 2.24) is 0 Å². The van der Waals surface area contributed by atoms with E-state index in [4.69, 9.17) is 22.0 Å². The van der Waals surface area contributed by atoms with E-state index < -0.39 is 12.0 Å². The fourth-order valence-electron chi connectivity index (χ4n) is 0.474. The molecule has 5 nitrogen and oxygen atoms in total. The molecule has 6 N–H and O–H groups in total. The summed E-state index contributed by atoms with van der Waals surface area (Å²) in [5.41, 5.74) is 10.3. The maximum atomic E-state index is 10.3. The van der Waals surface area contributed by atoms with Crippen LogP contribution in [-0.4, -0.2) is 27.5 Å². The molecule has 0 aliphatic carbocycles. The number of carboxylic acid groups (broad SMARTS) is 1. The average molecular weight is 177 g/mol. The molecule has 0 spiro atoms. The van der Waals surface area contributed by atoms with Crippen LogP contribution in [0.4, 0.5) is 0 Å². The Bertz CT molecular complexity index is 173. The molecule has 0 aliphatic heterocycles. The van der Waals surface area contributed by atoms with E-state index in [9.17, 15) is 4.79 Å². The molecule has 0 rings (SSSR count). The Kier molecular flexibility index (Phi) is 3.91. The maximum Gasteiger partial charge on any atom is 0.321 e. The number of carbonyl (C=O) groups is 1. The number of nitrogens with one attached hydrogen (secondary N) is 1. The first-order valence-electron chi connectivity index (χ1n) is 2.94. The highest BCUT2D eigenvalue weighted by Gasteiger charge is 2.20. The zero-order valence-corrected chi connectivity index (χ0v) is 6.89. The van der Waals surface area contributed by atoms with Gasteiger partial charge in [0.25, 0.3) is 0 Å². The van der Waals surface area contributed by atoms with E-state index in [1.54, 1.807) is 6.92 Å². The van der Waals surface area contributed by atoms with Crippen molar-refractivity contribution in [1.29, 1.82) is 5.41 Å². The van der Waals surface area contributed by atoms with E-state index in [2.05, 4.69) is 0 Å². The summed E-state index contributed by atoms with van der Waals surface area (Å²) < 4.78 is 0.